The third kappa shape index (κ3) is 3.87. The monoisotopic (exact) mass is 348 g/mol. The molecule has 1 fully saturated rings. The minimum atomic E-state index is -0.0801. The van der Waals surface area contributed by atoms with Crippen LogP contribution in [0.3, 0.4) is 0 Å². The van der Waals surface area contributed by atoms with Crippen molar-refractivity contribution in [3.8, 4) is 10.8 Å². The molecule has 2 aromatic rings. The summed E-state index contributed by atoms with van der Waals surface area (Å²) in [5, 5.41) is 3.77. The second-order valence-electron chi connectivity index (χ2n) is 7.28. The van der Waals surface area contributed by atoms with Crippen LogP contribution >= 0.6 is 11.3 Å². The van der Waals surface area contributed by atoms with Crippen LogP contribution in [0.5, 0.6) is 0 Å². The smallest absolute Gasteiger partial charge is 0.263 e. The highest BCUT2D eigenvalue weighted by Crippen LogP contribution is 2.33. The molecule has 1 aliphatic heterocycles. The van der Waals surface area contributed by atoms with Crippen molar-refractivity contribution in [3.05, 3.63) is 29.5 Å². The summed E-state index contributed by atoms with van der Waals surface area (Å²) in [7, 11) is 0. The first kappa shape index (κ1) is 17.2. The fourth-order valence-corrected chi connectivity index (χ4v) is 4.01. The first-order valence-electron chi connectivity index (χ1n) is 8.34. The summed E-state index contributed by atoms with van der Waals surface area (Å²) in [4.78, 5) is 17.3. The number of amides is 1. The van der Waals surface area contributed by atoms with Gasteiger partial charge in [0.05, 0.1) is 18.6 Å². The molecular formula is C18H24N2O3S. The maximum absolute atomic E-state index is 12.4. The van der Waals surface area contributed by atoms with Crippen molar-refractivity contribution in [1.82, 2.24) is 10.3 Å². The van der Waals surface area contributed by atoms with Crippen molar-refractivity contribution >= 4 is 17.2 Å². The van der Waals surface area contributed by atoms with Crippen LogP contribution in [0.1, 0.15) is 43.3 Å². The molecule has 0 radical (unpaired) electrons. The lowest BCUT2D eigenvalue weighted by atomic mass is 9.78. The molecule has 0 spiro atoms. The van der Waals surface area contributed by atoms with E-state index < -0.39 is 0 Å². The Morgan fingerprint density at radius 3 is 3.00 bits per heavy atom. The molecule has 2 aromatic heterocycles. The highest BCUT2D eigenvalue weighted by molar-refractivity contribution is 7.16. The first-order valence-corrected chi connectivity index (χ1v) is 9.16. The Kier molecular flexibility index (Phi) is 5.06. The second kappa shape index (κ2) is 7.07. The summed E-state index contributed by atoms with van der Waals surface area (Å²) >= 11 is 1.34. The van der Waals surface area contributed by atoms with Crippen LogP contribution in [0.15, 0.2) is 29.0 Å². The van der Waals surface area contributed by atoms with Gasteiger partial charge in [0.1, 0.15) is 4.88 Å². The topological polar surface area (TPSA) is 64.4 Å². The van der Waals surface area contributed by atoms with Crippen molar-refractivity contribution < 1.29 is 13.9 Å². The number of rotatable bonds is 4. The van der Waals surface area contributed by atoms with Crippen LogP contribution in [0, 0.1) is 11.3 Å². The van der Waals surface area contributed by atoms with Crippen molar-refractivity contribution in [2.24, 2.45) is 11.3 Å². The average Bonchev–Trinajstić information content (AvgIpc) is 3.22. The van der Waals surface area contributed by atoms with Gasteiger partial charge in [-0.3, -0.25) is 4.79 Å². The molecule has 130 valence electrons. The van der Waals surface area contributed by atoms with Crippen molar-refractivity contribution in [1.29, 1.82) is 0 Å². The van der Waals surface area contributed by atoms with E-state index in [2.05, 4.69) is 31.1 Å². The number of furan rings is 1. The minimum absolute atomic E-state index is 0.0761. The maximum atomic E-state index is 12.4. The van der Waals surface area contributed by atoms with Gasteiger partial charge in [-0.05, 0) is 30.4 Å². The van der Waals surface area contributed by atoms with Crippen LogP contribution in [0.4, 0.5) is 0 Å². The normalized spacial score (nSPS) is 21.6. The number of aromatic nitrogens is 1. The molecule has 1 saturated heterocycles. The molecule has 0 aliphatic carbocycles. The van der Waals surface area contributed by atoms with E-state index >= 15 is 0 Å². The lowest BCUT2D eigenvalue weighted by Gasteiger charge is -2.40. The minimum Gasteiger partial charge on any atom is -0.462 e. The summed E-state index contributed by atoms with van der Waals surface area (Å²) in [6, 6.07) is 3.65. The quantitative estimate of drug-likeness (QED) is 0.908. The SMILES string of the molecule is CC(C)(C)C1OCCCC1CNC(=O)c1cnc(-c2ccco2)s1. The van der Waals surface area contributed by atoms with Gasteiger partial charge in [-0.15, -0.1) is 11.3 Å². The lowest BCUT2D eigenvalue weighted by molar-refractivity contribution is -0.0839. The van der Waals surface area contributed by atoms with Gasteiger partial charge in [-0.1, -0.05) is 20.8 Å². The Hall–Kier alpha value is -1.66. The largest absolute Gasteiger partial charge is 0.462 e. The van der Waals surface area contributed by atoms with Crippen LogP contribution < -0.4 is 5.32 Å². The van der Waals surface area contributed by atoms with E-state index in [1.165, 1.54) is 11.3 Å². The van der Waals surface area contributed by atoms with E-state index in [-0.39, 0.29) is 17.4 Å². The highest BCUT2D eigenvalue weighted by Gasteiger charge is 2.35. The predicted molar refractivity (Wildman–Crippen MR) is 94.1 cm³/mol. The maximum Gasteiger partial charge on any atom is 0.263 e. The zero-order chi connectivity index (χ0) is 17.2. The molecule has 0 saturated carbocycles. The first-order chi connectivity index (χ1) is 11.4. The summed E-state index contributed by atoms with van der Waals surface area (Å²) in [6.07, 6.45) is 5.52. The molecule has 1 N–H and O–H groups in total. The summed E-state index contributed by atoms with van der Waals surface area (Å²) in [6.45, 7) is 8.02. The van der Waals surface area contributed by atoms with E-state index in [0.29, 0.717) is 23.1 Å². The van der Waals surface area contributed by atoms with Gasteiger partial charge in [0.15, 0.2) is 10.8 Å². The van der Waals surface area contributed by atoms with Gasteiger partial charge in [-0.2, -0.15) is 0 Å². The van der Waals surface area contributed by atoms with Gasteiger partial charge in [0.25, 0.3) is 5.91 Å². The van der Waals surface area contributed by atoms with Gasteiger partial charge in [-0.25, -0.2) is 4.98 Å². The van der Waals surface area contributed by atoms with E-state index in [4.69, 9.17) is 9.15 Å². The van der Waals surface area contributed by atoms with E-state index in [1.807, 2.05) is 12.1 Å². The van der Waals surface area contributed by atoms with Crippen LogP contribution in [0.25, 0.3) is 10.8 Å². The van der Waals surface area contributed by atoms with Gasteiger partial charge < -0.3 is 14.5 Å². The van der Waals surface area contributed by atoms with Crippen LogP contribution in [-0.4, -0.2) is 30.1 Å². The van der Waals surface area contributed by atoms with Gasteiger partial charge in [0, 0.05) is 19.1 Å². The molecule has 24 heavy (non-hydrogen) atoms. The second-order valence-corrected chi connectivity index (χ2v) is 8.31. The number of nitrogens with zero attached hydrogens (tertiary/aromatic N) is 1. The number of carbonyl (C=O) groups is 1. The number of carbonyl (C=O) groups excluding carboxylic acids is 1. The molecule has 0 aromatic carbocycles. The van der Waals surface area contributed by atoms with Crippen molar-refractivity contribution in [2.75, 3.05) is 13.2 Å². The lowest BCUT2D eigenvalue weighted by Crippen LogP contribution is -2.45. The average molecular weight is 348 g/mol. The number of hydrogen-bond acceptors (Lipinski definition) is 5. The molecule has 0 bridgehead atoms. The fraction of sp³-hybridized carbons (Fsp3) is 0.556. The molecule has 6 heteroatoms. The number of nitrogens with one attached hydrogen (secondary N) is 1. The van der Waals surface area contributed by atoms with E-state index in [9.17, 15) is 4.79 Å². The molecule has 3 heterocycles. The Labute approximate surface area is 146 Å². The van der Waals surface area contributed by atoms with E-state index in [1.54, 1.807) is 12.5 Å². The standard InChI is InChI=1S/C18H24N2O3S/c1-18(2,3)15-12(6-4-9-23-15)10-19-16(21)14-11-20-17(24-14)13-7-5-8-22-13/h5,7-8,11-12,15H,4,6,9-10H2,1-3H3,(H,19,21). The third-order valence-corrected chi connectivity index (χ3v) is 5.30. The molecular weight excluding hydrogens is 324 g/mol. The third-order valence-electron chi connectivity index (χ3n) is 4.28. The molecule has 5 nitrogen and oxygen atoms in total. The molecule has 1 aliphatic rings. The van der Waals surface area contributed by atoms with Crippen LogP contribution in [-0.2, 0) is 4.74 Å². The Balaban J connectivity index is 1.61. The Morgan fingerprint density at radius 2 is 2.29 bits per heavy atom. The highest BCUT2D eigenvalue weighted by atomic mass is 32.1. The molecule has 2 unspecified atom stereocenters. The fourth-order valence-electron chi connectivity index (χ4n) is 3.21. The number of ether oxygens (including phenoxy) is 1. The predicted octanol–water partition coefficient (Wildman–Crippen LogP) is 3.97. The Bertz CT molecular complexity index is 673. The van der Waals surface area contributed by atoms with Crippen LogP contribution in [0.2, 0.25) is 0 Å². The van der Waals surface area contributed by atoms with Gasteiger partial charge >= 0.3 is 0 Å². The van der Waals surface area contributed by atoms with Gasteiger partial charge in [0.2, 0.25) is 0 Å². The number of hydrogen-bond donors (Lipinski definition) is 1. The molecule has 1 amide bonds. The summed E-state index contributed by atoms with van der Waals surface area (Å²) in [5.41, 5.74) is 0.0761. The van der Waals surface area contributed by atoms with Crippen molar-refractivity contribution in [2.45, 2.75) is 39.7 Å². The molecule has 2 atom stereocenters. The zero-order valence-corrected chi connectivity index (χ0v) is 15.2. The summed E-state index contributed by atoms with van der Waals surface area (Å²) < 4.78 is 11.3. The Morgan fingerprint density at radius 1 is 1.46 bits per heavy atom. The number of thiazole rings is 1. The molecule has 3 rings (SSSR count). The van der Waals surface area contributed by atoms with E-state index in [0.717, 1.165) is 24.5 Å². The zero-order valence-electron chi connectivity index (χ0n) is 14.4. The summed E-state index contributed by atoms with van der Waals surface area (Å²) in [5.74, 6) is 0.955. The van der Waals surface area contributed by atoms with Crippen molar-refractivity contribution in [3.63, 3.8) is 0 Å².